The van der Waals surface area contributed by atoms with Gasteiger partial charge in [-0.15, -0.1) is 0 Å². The Labute approximate surface area is 160 Å². The maximum atomic E-state index is 10.3. The molecule has 9 nitrogen and oxygen atoms in total. The van der Waals surface area contributed by atoms with E-state index in [1.807, 2.05) is 13.8 Å². The predicted molar refractivity (Wildman–Crippen MR) is 88.7 cm³/mol. The standard InChI is InChI=1S/C10H14ClNO4.C4H11NO3.Al.3H/c1-3-12(4-2)9-5-7-10(8-6-9)16-11(13,14)15;5-4(1-6,2-7)3-8;;;;/h5-8H,3-4H2,1-2H3;6-8H,1-3,5H2;;;;. The van der Waals surface area contributed by atoms with E-state index in [2.05, 4.69) is 9.19 Å². The zero-order valence-corrected chi connectivity index (χ0v) is 14.5. The van der Waals surface area contributed by atoms with Crippen molar-refractivity contribution in [3.8, 4) is 5.75 Å². The van der Waals surface area contributed by atoms with Crippen molar-refractivity contribution >= 4 is 23.0 Å². The molecular weight excluding hydrogens is 371 g/mol. The summed E-state index contributed by atoms with van der Waals surface area (Å²) in [6.45, 7) is 4.55. The van der Waals surface area contributed by atoms with Crippen molar-refractivity contribution in [3.63, 3.8) is 0 Å². The smallest absolute Gasteiger partial charge is 0.288 e. The zero-order valence-electron chi connectivity index (χ0n) is 13.7. The van der Waals surface area contributed by atoms with Crippen molar-refractivity contribution in [3.05, 3.63) is 24.3 Å². The molecule has 0 aliphatic carbocycles. The van der Waals surface area contributed by atoms with Gasteiger partial charge in [-0.2, -0.15) is 14.0 Å². The first-order chi connectivity index (χ1) is 11.1. The monoisotopic (exact) mass is 398 g/mol. The van der Waals surface area contributed by atoms with Gasteiger partial charge in [-0.3, -0.25) is 0 Å². The first-order valence-electron chi connectivity index (χ1n) is 7.21. The summed E-state index contributed by atoms with van der Waals surface area (Å²) in [6.07, 6.45) is 0. The van der Waals surface area contributed by atoms with Crippen molar-refractivity contribution in [2.24, 2.45) is 5.73 Å². The first kappa shape index (κ1) is 26.6. The van der Waals surface area contributed by atoms with Crippen LogP contribution in [0.25, 0.3) is 0 Å². The average Bonchev–Trinajstić information content (AvgIpc) is 2.56. The molecule has 0 aliphatic rings. The lowest BCUT2D eigenvalue weighted by Crippen LogP contribution is -2.63. The number of nitrogens with two attached hydrogens (primary N) is 1. The average molecular weight is 399 g/mol. The van der Waals surface area contributed by atoms with Crippen molar-refractivity contribution in [2.75, 3.05) is 37.8 Å². The number of rotatable bonds is 8. The zero-order chi connectivity index (χ0) is 18.8. The maximum Gasteiger partial charge on any atom is 0.288 e. The number of aliphatic hydroxyl groups excluding tert-OH is 3. The molecule has 1 aromatic carbocycles. The lowest BCUT2D eigenvalue weighted by Gasteiger charge is -2.20. The van der Waals surface area contributed by atoms with Crippen LogP contribution in [0.1, 0.15) is 13.8 Å². The van der Waals surface area contributed by atoms with Gasteiger partial charge in [0, 0.05) is 18.8 Å². The second-order valence-corrected chi connectivity index (χ2v) is 5.87. The van der Waals surface area contributed by atoms with Crippen LogP contribution < -0.4 is 28.9 Å². The molecule has 0 radical (unpaired) electrons. The Morgan fingerprint density at radius 1 is 1.00 bits per heavy atom. The van der Waals surface area contributed by atoms with Crippen molar-refractivity contribution in [1.29, 1.82) is 0 Å². The molecule has 11 heteroatoms. The van der Waals surface area contributed by atoms with Crippen LogP contribution in [0.5, 0.6) is 5.75 Å². The second kappa shape index (κ2) is 12.7. The Bertz CT molecular complexity index is 443. The van der Waals surface area contributed by atoms with Gasteiger partial charge < -0.3 is 26.0 Å². The van der Waals surface area contributed by atoms with Crippen molar-refractivity contribution < 1.29 is 43.8 Å². The van der Waals surface area contributed by atoms with Gasteiger partial charge in [0.25, 0.3) is 5.75 Å². The van der Waals surface area contributed by atoms with Gasteiger partial charge in [0.15, 0.2) is 17.4 Å². The molecule has 0 heterocycles. The Kier molecular flexibility index (Phi) is 13.5. The van der Waals surface area contributed by atoms with E-state index in [-0.39, 0.29) is 23.1 Å². The number of anilines is 1. The Morgan fingerprint density at radius 3 is 1.64 bits per heavy atom. The van der Waals surface area contributed by atoms with E-state index in [4.69, 9.17) is 21.1 Å². The lowest BCUT2D eigenvalue weighted by atomic mass is 10.1. The number of halogens is 1. The molecule has 0 amide bonds. The lowest BCUT2D eigenvalue weighted by molar-refractivity contribution is -1.91. The van der Waals surface area contributed by atoms with Gasteiger partial charge in [0.1, 0.15) is 10.2 Å². The third-order valence-electron chi connectivity index (χ3n) is 3.09. The number of aliphatic hydroxyl groups is 3. The van der Waals surface area contributed by atoms with Crippen LogP contribution in [0.3, 0.4) is 0 Å². The molecule has 0 fully saturated rings. The van der Waals surface area contributed by atoms with Crippen LogP contribution in [-0.2, 0) is 0 Å². The van der Waals surface area contributed by atoms with Gasteiger partial charge in [0.2, 0.25) is 0 Å². The number of benzene rings is 1. The van der Waals surface area contributed by atoms with Gasteiger partial charge in [-0.25, -0.2) is 0 Å². The molecule has 0 aromatic heterocycles. The molecule has 0 atom stereocenters. The van der Waals surface area contributed by atoms with E-state index in [0.717, 1.165) is 18.8 Å². The predicted octanol–water partition coefficient (Wildman–Crippen LogP) is -4.71. The highest BCUT2D eigenvalue weighted by Crippen LogP contribution is 2.20. The summed E-state index contributed by atoms with van der Waals surface area (Å²) < 4.78 is 35.1. The summed E-state index contributed by atoms with van der Waals surface area (Å²) >= 11 is 0. The van der Waals surface area contributed by atoms with Crippen LogP contribution in [0, 0.1) is 10.2 Å². The van der Waals surface area contributed by atoms with E-state index in [1.165, 1.54) is 12.1 Å². The topological polar surface area (TPSA) is 168 Å². The van der Waals surface area contributed by atoms with Gasteiger partial charge in [-0.1, -0.05) is 4.29 Å². The van der Waals surface area contributed by atoms with E-state index >= 15 is 0 Å². The van der Waals surface area contributed by atoms with Gasteiger partial charge in [0.05, 0.1) is 25.4 Å². The van der Waals surface area contributed by atoms with Crippen LogP contribution in [-0.4, -0.2) is 71.1 Å². The van der Waals surface area contributed by atoms with Gasteiger partial charge in [-0.05, 0) is 38.1 Å². The highest BCUT2D eigenvalue weighted by Gasteiger charge is 2.21. The minimum absolute atomic E-state index is 0. The molecule has 0 saturated heterocycles. The highest BCUT2D eigenvalue weighted by atomic mass is 35.7. The molecule has 0 unspecified atom stereocenters. The molecule has 0 spiro atoms. The molecule has 1 aromatic rings. The molecule has 0 aliphatic heterocycles. The van der Waals surface area contributed by atoms with E-state index < -0.39 is 35.6 Å². The Balaban J connectivity index is 0. The molecular formula is C14H28AlClN2O7. The highest BCUT2D eigenvalue weighted by molar-refractivity contribution is 5.75. The molecule has 1 rings (SSSR count). The summed E-state index contributed by atoms with van der Waals surface area (Å²) in [5.41, 5.74) is 4.89. The molecule has 0 bridgehead atoms. The minimum atomic E-state index is -4.42. The van der Waals surface area contributed by atoms with E-state index in [1.54, 1.807) is 12.1 Å². The number of hydrogen-bond acceptors (Lipinski definition) is 9. The first-order valence-corrected chi connectivity index (χ1v) is 8.45. The van der Waals surface area contributed by atoms with Crippen LogP contribution in [0.15, 0.2) is 24.3 Å². The SMILES string of the molecule is CCN(CC)c1ccc(O[Cl+3]([O-])([O-])[O-])cc1.NC(CO)(CO)CO.[AlH3]. The minimum Gasteiger partial charge on any atom is -0.394 e. The largest absolute Gasteiger partial charge is 0.394 e. The van der Waals surface area contributed by atoms with Crippen molar-refractivity contribution in [2.45, 2.75) is 19.4 Å². The second-order valence-electron chi connectivity index (χ2n) is 4.96. The summed E-state index contributed by atoms with van der Waals surface area (Å²) in [4.78, 5) is 2.09. The third-order valence-corrected chi connectivity index (χ3v) is 3.46. The summed E-state index contributed by atoms with van der Waals surface area (Å²) in [5, 5.41) is 25.0. The van der Waals surface area contributed by atoms with Crippen molar-refractivity contribution in [1.82, 2.24) is 0 Å². The Hall–Kier alpha value is -0.638. The quantitative estimate of drug-likeness (QED) is 0.314. The molecule has 0 saturated carbocycles. The Morgan fingerprint density at radius 2 is 1.40 bits per heavy atom. The van der Waals surface area contributed by atoms with E-state index in [9.17, 15) is 14.0 Å². The third kappa shape index (κ3) is 10.8. The molecule has 25 heavy (non-hydrogen) atoms. The summed E-state index contributed by atoms with van der Waals surface area (Å²) in [6, 6.07) is 6.33. The molecule has 146 valence electrons. The van der Waals surface area contributed by atoms with Crippen LogP contribution in [0.4, 0.5) is 5.69 Å². The van der Waals surface area contributed by atoms with Gasteiger partial charge >= 0.3 is 0 Å². The molecule has 5 N–H and O–H groups in total. The summed E-state index contributed by atoms with van der Waals surface area (Å²) in [7, 11) is -4.42. The fourth-order valence-electron chi connectivity index (χ4n) is 1.56. The van der Waals surface area contributed by atoms with Crippen LogP contribution in [0.2, 0.25) is 0 Å². The van der Waals surface area contributed by atoms with E-state index in [0.29, 0.717) is 0 Å². The fraction of sp³-hybridized carbons (Fsp3) is 0.571. The number of hydrogen-bond donors (Lipinski definition) is 4. The maximum absolute atomic E-state index is 10.3. The number of nitrogens with zero attached hydrogens (tertiary/aromatic N) is 1. The normalized spacial score (nSPS) is 11.1. The van der Waals surface area contributed by atoms with Crippen LogP contribution >= 0.6 is 0 Å². The summed E-state index contributed by atoms with van der Waals surface area (Å²) in [5.74, 6) is 0.0209. The fourth-order valence-corrected chi connectivity index (χ4v) is 1.88.